The van der Waals surface area contributed by atoms with Gasteiger partial charge in [-0.05, 0) is 29.8 Å². The third-order valence-electron chi connectivity index (χ3n) is 4.01. The van der Waals surface area contributed by atoms with E-state index in [1.54, 1.807) is 17.4 Å². The summed E-state index contributed by atoms with van der Waals surface area (Å²) in [6, 6.07) is 14.6. The number of thiazole rings is 1. The van der Waals surface area contributed by atoms with Crippen molar-refractivity contribution in [2.75, 3.05) is 0 Å². The van der Waals surface area contributed by atoms with E-state index in [1.807, 2.05) is 23.5 Å². The van der Waals surface area contributed by atoms with Crippen molar-refractivity contribution in [1.82, 2.24) is 9.38 Å². The molecule has 4 nitrogen and oxygen atoms in total. The molecule has 0 aliphatic rings. The summed E-state index contributed by atoms with van der Waals surface area (Å²) >= 11 is 1.55. The largest absolute Gasteiger partial charge is 0.478 e. The first-order valence-electron chi connectivity index (χ1n) is 7.50. The van der Waals surface area contributed by atoms with Crippen LogP contribution in [0.1, 0.15) is 11.4 Å². The van der Waals surface area contributed by atoms with Gasteiger partial charge < -0.3 is 5.11 Å². The maximum Gasteiger partial charge on any atom is 0.328 e. The van der Waals surface area contributed by atoms with Crippen molar-refractivity contribution >= 4 is 39.1 Å². The lowest BCUT2D eigenvalue weighted by Gasteiger charge is -2.05. The third kappa shape index (κ3) is 2.39. The van der Waals surface area contributed by atoms with E-state index in [2.05, 4.69) is 40.7 Å². The fraction of sp³-hybridized carbons (Fsp3) is 0.0526. The second-order valence-corrected chi connectivity index (χ2v) is 6.39. The number of carboxylic acids is 1. The van der Waals surface area contributed by atoms with E-state index < -0.39 is 5.97 Å². The zero-order chi connectivity index (χ0) is 16.7. The van der Waals surface area contributed by atoms with Crippen molar-refractivity contribution in [2.24, 2.45) is 0 Å². The van der Waals surface area contributed by atoms with Gasteiger partial charge in [-0.1, -0.05) is 36.4 Å². The molecule has 0 saturated carbocycles. The summed E-state index contributed by atoms with van der Waals surface area (Å²) in [5, 5.41) is 13.3. The van der Waals surface area contributed by atoms with Crippen molar-refractivity contribution < 1.29 is 9.90 Å². The molecule has 1 N–H and O–H groups in total. The van der Waals surface area contributed by atoms with Gasteiger partial charge in [0.05, 0.1) is 17.1 Å². The summed E-state index contributed by atoms with van der Waals surface area (Å²) in [5.74, 6) is -0.966. The van der Waals surface area contributed by atoms with Gasteiger partial charge in [-0.3, -0.25) is 4.40 Å². The molecule has 4 aromatic rings. The molecule has 0 radical (unpaired) electrons. The average molecular weight is 334 g/mol. The van der Waals surface area contributed by atoms with Gasteiger partial charge in [0.1, 0.15) is 0 Å². The zero-order valence-electron chi connectivity index (χ0n) is 12.9. The van der Waals surface area contributed by atoms with Crippen LogP contribution in [0.15, 0.2) is 53.9 Å². The highest BCUT2D eigenvalue weighted by Crippen LogP contribution is 2.31. The van der Waals surface area contributed by atoms with Gasteiger partial charge in [-0.2, -0.15) is 0 Å². The number of hydrogen-bond acceptors (Lipinski definition) is 3. The number of aromatic nitrogens is 2. The van der Waals surface area contributed by atoms with Gasteiger partial charge in [-0.25, -0.2) is 9.78 Å². The Balaban J connectivity index is 1.93. The average Bonchev–Trinajstić information content (AvgIpc) is 3.10. The number of carboxylic acid groups (broad SMARTS) is 1. The number of hydrogen-bond donors (Lipinski definition) is 1. The lowest BCUT2D eigenvalue weighted by molar-refractivity contribution is -0.131. The summed E-state index contributed by atoms with van der Waals surface area (Å²) in [6.45, 7) is 1.89. The molecule has 0 saturated heterocycles. The monoisotopic (exact) mass is 334 g/mol. The quantitative estimate of drug-likeness (QED) is 0.556. The molecule has 0 fully saturated rings. The van der Waals surface area contributed by atoms with Crippen molar-refractivity contribution in [3.8, 4) is 11.3 Å². The van der Waals surface area contributed by atoms with Crippen LogP contribution in [0.3, 0.4) is 0 Å². The summed E-state index contributed by atoms with van der Waals surface area (Å²) in [5.41, 5.74) is 3.73. The number of aryl methyl sites for hydroxylation is 1. The minimum atomic E-state index is -0.966. The molecule has 118 valence electrons. The Morgan fingerprint density at radius 3 is 2.79 bits per heavy atom. The van der Waals surface area contributed by atoms with Crippen LogP contribution in [0.25, 0.3) is 33.1 Å². The molecule has 0 unspecified atom stereocenters. The Kier molecular flexibility index (Phi) is 3.43. The normalized spacial score (nSPS) is 11.7. The van der Waals surface area contributed by atoms with Crippen LogP contribution in [0.5, 0.6) is 0 Å². The van der Waals surface area contributed by atoms with E-state index in [0.717, 1.165) is 33.7 Å². The van der Waals surface area contributed by atoms with Gasteiger partial charge in [0, 0.05) is 17.0 Å². The van der Waals surface area contributed by atoms with Crippen LogP contribution >= 0.6 is 11.3 Å². The van der Waals surface area contributed by atoms with Crippen molar-refractivity contribution in [1.29, 1.82) is 0 Å². The molecular formula is C19H14N2O2S. The van der Waals surface area contributed by atoms with E-state index in [0.29, 0.717) is 0 Å². The number of imidazole rings is 1. The molecule has 0 bridgehead atoms. The van der Waals surface area contributed by atoms with Gasteiger partial charge in [-0.15, -0.1) is 11.3 Å². The molecule has 0 atom stereocenters. The summed E-state index contributed by atoms with van der Waals surface area (Å²) in [6.07, 6.45) is 2.76. The van der Waals surface area contributed by atoms with E-state index >= 15 is 0 Å². The van der Waals surface area contributed by atoms with Crippen LogP contribution in [0.4, 0.5) is 0 Å². The minimum absolute atomic E-state index is 0.803. The van der Waals surface area contributed by atoms with E-state index in [-0.39, 0.29) is 0 Å². The Bertz CT molecular complexity index is 1110. The van der Waals surface area contributed by atoms with E-state index in [4.69, 9.17) is 5.11 Å². The highest BCUT2D eigenvalue weighted by molar-refractivity contribution is 7.15. The van der Waals surface area contributed by atoms with Gasteiger partial charge in [0.25, 0.3) is 0 Å². The molecule has 4 rings (SSSR count). The highest BCUT2D eigenvalue weighted by atomic mass is 32.1. The maximum absolute atomic E-state index is 10.9. The molecule has 0 amide bonds. The number of carbonyl (C=O) groups is 1. The van der Waals surface area contributed by atoms with Gasteiger partial charge >= 0.3 is 5.97 Å². The molecule has 2 aromatic carbocycles. The SMILES string of the molecule is Cc1nc2scc(-c3ccc4ccccc4c3)n2c1/C=C/C(=O)O. The molecule has 24 heavy (non-hydrogen) atoms. The third-order valence-corrected chi connectivity index (χ3v) is 4.84. The Hall–Kier alpha value is -2.92. The topological polar surface area (TPSA) is 54.6 Å². The fourth-order valence-electron chi connectivity index (χ4n) is 2.88. The molecule has 0 aliphatic heterocycles. The number of aliphatic carboxylic acids is 1. The van der Waals surface area contributed by atoms with E-state index in [1.165, 1.54) is 10.8 Å². The van der Waals surface area contributed by atoms with Crippen molar-refractivity contribution in [2.45, 2.75) is 6.92 Å². The van der Waals surface area contributed by atoms with Crippen LogP contribution in [0, 0.1) is 6.92 Å². The Morgan fingerprint density at radius 1 is 1.21 bits per heavy atom. The summed E-state index contributed by atoms with van der Waals surface area (Å²) < 4.78 is 2.02. The van der Waals surface area contributed by atoms with Gasteiger partial charge in [0.15, 0.2) is 4.96 Å². The second kappa shape index (κ2) is 5.62. The fourth-order valence-corrected chi connectivity index (χ4v) is 3.83. The molecule has 0 aliphatic carbocycles. The number of fused-ring (bicyclic) bond motifs is 2. The van der Waals surface area contributed by atoms with Crippen molar-refractivity contribution in [3.05, 3.63) is 65.3 Å². The predicted molar refractivity (Wildman–Crippen MR) is 97.4 cm³/mol. The summed E-state index contributed by atoms with van der Waals surface area (Å²) in [4.78, 5) is 16.3. The van der Waals surface area contributed by atoms with Crippen molar-refractivity contribution in [3.63, 3.8) is 0 Å². The Morgan fingerprint density at radius 2 is 2.00 bits per heavy atom. The lowest BCUT2D eigenvalue weighted by Crippen LogP contribution is -1.92. The first-order chi connectivity index (χ1) is 11.6. The van der Waals surface area contributed by atoms with Crippen LogP contribution in [-0.2, 0) is 4.79 Å². The first kappa shape index (κ1) is 14.7. The standard InChI is InChI=1S/C19H14N2O2S/c1-12-16(8-9-18(22)23)21-17(11-24-19(21)20-12)15-7-6-13-4-2-3-5-14(13)10-15/h2-11H,1H3,(H,22,23)/b9-8+. The summed E-state index contributed by atoms with van der Waals surface area (Å²) in [7, 11) is 0. The van der Waals surface area contributed by atoms with Gasteiger partial charge in [0.2, 0.25) is 0 Å². The van der Waals surface area contributed by atoms with Crippen LogP contribution < -0.4 is 0 Å². The highest BCUT2D eigenvalue weighted by Gasteiger charge is 2.14. The molecule has 0 spiro atoms. The minimum Gasteiger partial charge on any atom is -0.478 e. The number of rotatable bonds is 3. The van der Waals surface area contributed by atoms with Crippen LogP contribution in [-0.4, -0.2) is 20.5 Å². The Labute approximate surface area is 142 Å². The molecule has 2 aromatic heterocycles. The molecule has 2 heterocycles. The first-order valence-corrected chi connectivity index (χ1v) is 8.38. The smallest absolute Gasteiger partial charge is 0.328 e. The second-order valence-electron chi connectivity index (χ2n) is 5.55. The zero-order valence-corrected chi connectivity index (χ0v) is 13.7. The number of benzene rings is 2. The maximum atomic E-state index is 10.9. The molecular weight excluding hydrogens is 320 g/mol. The molecule has 5 heteroatoms. The number of nitrogens with zero attached hydrogens (tertiary/aromatic N) is 2. The van der Waals surface area contributed by atoms with Crippen LogP contribution in [0.2, 0.25) is 0 Å². The predicted octanol–water partition coefficient (Wildman–Crippen LogP) is 4.62. The van der Waals surface area contributed by atoms with E-state index in [9.17, 15) is 4.79 Å². The lowest BCUT2D eigenvalue weighted by atomic mass is 10.1.